The number of methoxy groups -OCH3 is 4. The van der Waals surface area contributed by atoms with Crippen LogP contribution in [0, 0.1) is 0 Å². The van der Waals surface area contributed by atoms with Gasteiger partial charge in [0, 0.05) is 35.8 Å². The number of carbonyl (C=O) groups is 1. The van der Waals surface area contributed by atoms with Crippen molar-refractivity contribution in [3.63, 3.8) is 0 Å². The molecule has 4 aromatic rings. The van der Waals surface area contributed by atoms with E-state index in [9.17, 15) is 4.79 Å². The second-order valence-electron chi connectivity index (χ2n) is 8.18. The second kappa shape index (κ2) is 12.9. The van der Waals surface area contributed by atoms with E-state index in [1.54, 1.807) is 34.5 Å². The number of amides is 1. The van der Waals surface area contributed by atoms with Crippen molar-refractivity contribution in [2.75, 3.05) is 46.1 Å². The lowest BCUT2D eigenvalue weighted by Crippen LogP contribution is -2.27. The van der Waals surface area contributed by atoms with Crippen LogP contribution in [0.3, 0.4) is 0 Å². The van der Waals surface area contributed by atoms with Crippen LogP contribution < -0.4 is 29.6 Å². The number of ether oxygens (including phenoxy) is 4. The molecule has 0 aliphatic rings. The molecule has 1 heterocycles. The molecule has 0 bridgehead atoms. The lowest BCUT2D eigenvalue weighted by atomic mass is 10.1. The normalized spacial score (nSPS) is 10.6. The van der Waals surface area contributed by atoms with Crippen molar-refractivity contribution in [1.29, 1.82) is 0 Å². The van der Waals surface area contributed by atoms with Gasteiger partial charge in [0.15, 0.2) is 16.7 Å². The monoisotopic (exact) mass is 534 g/mol. The van der Waals surface area contributed by atoms with Crippen LogP contribution in [-0.2, 0) is 11.2 Å². The van der Waals surface area contributed by atoms with E-state index < -0.39 is 0 Å². The van der Waals surface area contributed by atoms with Crippen LogP contribution in [0.15, 0.2) is 65.8 Å². The highest BCUT2D eigenvalue weighted by Crippen LogP contribution is 2.31. The highest BCUT2D eigenvalue weighted by atomic mass is 32.2. The molecule has 0 saturated carbocycles. The van der Waals surface area contributed by atoms with Crippen LogP contribution in [0.25, 0.3) is 10.9 Å². The molecule has 0 spiro atoms. The molecule has 3 aromatic carbocycles. The second-order valence-corrected chi connectivity index (χ2v) is 9.12. The third-order valence-corrected chi connectivity index (χ3v) is 6.56. The number of benzene rings is 3. The number of rotatable bonds is 12. The molecule has 0 unspecified atom stereocenters. The minimum Gasteiger partial charge on any atom is -0.497 e. The third-order valence-electron chi connectivity index (χ3n) is 5.71. The van der Waals surface area contributed by atoms with Gasteiger partial charge in [-0.3, -0.25) is 4.79 Å². The predicted octanol–water partition coefficient (Wildman–Crippen LogP) is 4.86. The van der Waals surface area contributed by atoms with Gasteiger partial charge in [0.1, 0.15) is 17.3 Å². The Kier molecular flexibility index (Phi) is 9.10. The molecule has 0 fully saturated rings. The summed E-state index contributed by atoms with van der Waals surface area (Å²) in [6.45, 7) is 0.498. The number of nitrogens with one attached hydrogen (secondary N) is 2. The number of nitrogens with zero attached hydrogens (tertiary/aromatic N) is 2. The van der Waals surface area contributed by atoms with Crippen molar-refractivity contribution in [1.82, 2.24) is 15.3 Å². The smallest absolute Gasteiger partial charge is 0.230 e. The first-order valence-electron chi connectivity index (χ1n) is 11.9. The van der Waals surface area contributed by atoms with Crippen LogP contribution in [-0.4, -0.2) is 56.6 Å². The Balaban J connectivity index is 1.41. The summed E-state index contributed by atoms with van der Waals surface area (Å²) in [5.41, 5.74) is 2.57. The third kappa shape index (κ3) is 6.77. The Morgan fingerprint density at radius 3 is 2.29 bits per heavy atom. The molecule has 0 radical (unpaired) electrons. The summed E-state index contributed by atoms with van der Waals surface area (Å²) < 4.78 is 21.4. The van der Waals surface area contributed by atoms with E-state index in [0.717, 1.165) is 22.2 Å². The Bertz CT molecular complexity index is 1390. The van der Waals surface area contributed by atoms with Crippen molar-refractivity contribution in [3.8, 4) is 23.0 Å². The number of anilines is 2. The van der Waals surface area contributed by atoms with Crippen LogP contribution in [0.2, 0.25) is 0 Å². The van der Waals surface area contributed by atoms with Gasteiger partial charge in [0.05, 0.1) is 39.7 Å². The van der Waals surface area contributed by atoms with E-state index >= 15 is 0 Å². The summed E-state index contributed by atoms with van der Waals surface area (Å²) in [5, 5.41) is 7.66. The molecule has 9 nitrogen and oxygen atoms in total. The minimum atomic E-state index is -0.0979. The Morgan fingerprint density at radius 2 is 1.58 bits per heavy atom. The lowest BCUT2D eigenvalue weighted by molar-refractivity contribution is -0.118. The summed E-state index contributed by atoms with van der Waals surface area (Å²) in [6, 6.07) is 19.0. The van der Waals surface area contributed by atoms with E-state index in [-0.39, 0.29) is 11.7 Å². The molecule has 4 rings (SSSR count). The topological polar surface area (TPSA) is 104 Å². The van der Waals surface area contributed by atoms with E-state index in [1.165, 1.54) is 11.8 Å². The van der Waals surface area contributed by atoms with Crippen LogP contribution in [0.5, 0.6) is 23.0 Å². The summed E-state index contributed by atoms with van der Waals surface area (Å²) in [6.07, 6.45) is 0.668. The number of hydrogen-bond donors (Lipinski definition) is 2. The maximum absolute atomic E-state index is 12.5. The fourth-order valence-corrected chi connectivity index (χ4v) is 4.48. The first kappa shape index (κ1) is 26.9. The highest BCUT2D eigenvalue weighted by molar-refractivity contribution is 7.99. The molecule has 0 aliphatic heterocycles. The van der Waals surface area contributed by atoms with Crippen molar-refractivity contribution in [2.24, 2.45) is 0 Å². The van der Waals surface area contributed by atoms with Gasteiger partial charge in [-0.05, 0) is 36.2 Å². The zero-order valence-electron chi connectivity index (χ0n) is 21.7. The molecule has 0 aliphatic carbocycles. The zero-order chi connectivity index (χ0) is 26.9. The number of hydrogen-bond acceptors (Lipinski definition) is 9. The molecule has 0 saturated heterocycles. The number of aromatic nitrogens is 2. The van der Waals surface area contributed by atoms with Gasteiger partial charge in [0.2, 0.25) is 5.91 Å². The van der Waals surface area contributed by atoms with Gasteiger partial charge in [-0.1, -0.05) is 30.0 Å². The molecule has 2 N–H and O–H groups in total. The Morgan fingerprint density at radius 1 is 0.842 bits per heavy atom. The summed E-state index contributed by atoms with van der Waals surface area (Å²) in [4.78, 5) is 21.9. The van der Waals surface area contributed by atoms with Crippen molar-refractivity contribution in [3.05, 3.63) is 66.2 Å². The number of para-hydroxylation sites is 1. The van der Waals surface area contributed by atoms with Gasteiger partial charge in [-0.25, -0.2) is 9.97 Å². The maximum Gasteiger partial charge on any atom is 0.230 e. The van der Waals surface area contributed by atoms with Gasteiger partial charge in [0.25, 0.3) is 0 Å². The van der Waals surface area contributed by atoms with Gasteiger partial charge < -0.3 is 29.6 Å². The SMILES string of the molecule is COc1cc(Nc2nc(SCC(=O)NCCc3ccc(OC)c(OC)c3)nc3ccccc23)cc(OC)c1. The summed E-state index contributed by atoms with van der Waals surface area (Å²) in [7, 11) is 6.41. The van der Waals surface area contributed by atoms with Gasteiger partial charge in [-0.2, -0.15) is 0 Å². The molecule has 10 heteroatoms. The van der Waals surface area contributed by atoms with E-state index in [1.807, 2.05) is 54.6 Å². The predicted molar refractivity (Wildman–Crippen MR) is 149 cm³/mol. The van der Waals surface area contributed by atoms with Crippen molar-refractivity contribution in [2.45, 2.75) is 11.6 Å². The summed E-state index contributed by atoms with van der Waals surface area (Å²) in [5.74, 6) is 3.37. The van der Waals surface area contributed by atoms with Gasteiger partial charge in [-0.15, -0.1) is 0 Å². The average Bonchev–Trinajstić information content (AvgIpc) is 2.95. The number of thioether (sulfide) groups is 1. The fraction of sp³-hybridized carbons (Fsp3) is 0.250. The molecule has 1 aromatic heterocycles. The largest absolute Gasteiger partial charge is 0.497 e. The van der Waals surface area contributed by atoms with E-state index in [0.29, 0.717) is 46.9 Å². The molecular formula is C28H30N4O5S. The van der Waals surface area contributed by atoms with Crippen molar-refractivity contribution < 1.29 is 23.7 Å². The molecular weight excluding hydrogens is 504 g/mol. The summed E-state index contributed by atoms with van der Waals surface area (Å²) >= 11 is 1.28. The first-order chi connectivity index (χ1) is 18.5. The van der Waals surface area contributed by atoms with Gasteiger partial charge >= 0.3 is 0 Å². The number of carbonyl (C=O) groups excluding carboxylic acids is 1. The lowest BCUT2D eigenvalue weighted by Gasteiger charge is -2.13. The number of fused-ring (bicyclic) bond motifs is 1. The minimum absolute atomic E-state index is 0.0979. The maximum atomic E-state index is 12.5. The van der Waals surface area contributed by atoms with Crippen LogP contribution in [0.1, 0.15) is 5.56 Å². The van der Waals surface area contributed by atoms with E-state index in [4.69, 9.17) is 23.9 Å². The zero-order valence-corrected chi connectivity index (χ0v) is 22.6. The van der Waals surface area contributed by atoms with E-state index in [2.05, 4.69) is 15.6 Å². The first-order valence-corrected chi connectivity index (χ1v) is 12.9. The van der Waals surface area contributed by atoms with Crippen LogP contribution >= 0.6 is 11.8 Å². The molecule has 38 heavy (non-hydrogen) atoms. The Labute approximate surface area is 225 Å². The molecule has 198 valence electrons. The Hall–Kier alpha value is -4.18. The standard InChI is InChI=1S/C28H30N4O5S/c1-34-20-14-19(15-21(16-20)35-2)30-27-22-7-5-6-8-23(22)31-28(32-27)38-17-26(33)29-12-11-18-9-10-24(36-3)25(13-18)37-4/h5-10,13-16H,11-12,17H2,1-4H3,(H,29,33)(H,30,31,32). The highest BCUT2D eigenvalue weighted by Gasteiger charge is 2.12. The van der Waals surface area contributed by atoms with Crippen LogP contribution in [0.4, 0.5) is 11.5 Å². The molecule has 1 amide bonds. The average molecular weight is 535 g/mol. The molecule has 0 atom stereocenters. The fourth-order valence-electron chi connectivity index (χ4n) is 3.79. The quantitative estimate of drug-likeness (QED) is 0.195. The van der Waals surface area contributed by atoms with Crippen molar-refractivity contribution >= 4 is 40.1 Å².